The van der Waals surface area contributed by atoms with E-state index in [1.165, 1.54) is 11.8 Å². The van der Waals surface area contributed by atoms with Gasteiger partial charge in [-0.1, -0.05) is 30.3 Å². The van der Waals surface area contributed by atoms with Crippen LogP contribution < -0.4 is 10.1 Å². The first-order valence-electron chi connectivity index (χ1n) is 7.28. The maximum atomic E-state index is 11.5. The third-order valence-corrected chi connectivity index (χ3v) is 4.19. The van der Waals surface area contributed by atoms with Gasteiger partial charge in [0.15, 0.2) is 5.82 Å². The number of hydrogen-bond acceptors (Lipinski definition) is 5. The summed E-state index contributed by atoms with van der Waals surface area (Å²) < 4.78 is 5.64. The van der Waals surface area contributed by atoms with E-state index in [0.29, 0.717) is 28.3 Å². The van der Waals surface area contributed by atoms with Crippen LogP contribution in [0.2, 0.25) is 5.02 Å². The fourth-order valence-corrected chi connectivity index (χ4v) is 2.48. The quantitative estimate of drug-likeness (QED) is 0.712. The molecular formula is C15H19ClN4O2S. The summed E-state index contributed by atoms with van der Waals surface area (Å²) in [5, 5.41) is 10.9. The number of aromatic nitrogens is 3. The maximum absolute atomic E-state index is 11.5. The smallest absolute Gasteiger partial charge is 0.230 e. The van der Waals surface area contributed by atoms with Crippen molar-refractivity contribution in [2.24, 2.45) is 0 Å². The van der Waals surface area contributed by atoms with Crippen molar-refractivity contribution in [3.05, 3.63) is 34.6 Å². The number of aryl methyl sites for hydroxylation is 1. The molecule has 1 aromatic carbocycles. The summed E-state index contributed by atoms with van der Waals surface area (Å²) in [6.07, 6.45) is 0.919. The molecule has 0 spiro atoms. The van der Waals surface area contributed by atoms with Crippen LogP contribution in [0.15, 0.2) is 23.4 Å². The Morgan fingerprint density at radius 1 is 1.48 bits per heavy atom. The lowest BCUT2D eigenvalue weighted by atomic mass is 10.2. The summed E-state index contributed by atoms with van der Waals surface area (Å²) in [4.78, 5) is 15.8. The van der Waals surface area contributed by atoms with Crippen molar-refractivity contribution >= 4 is 29.3 Å². The van der Waals surface area contributed by atoms with Crippen molar-refractivity contribution in [2.75, 3.05) is 12.3 Å². The van der Waals surface area contributed by atoms with Crippen LogP contribution in [0.3, 0.4) is 0 Å². The maximum Gasteiger partial charge on any atom is 0.230 e. The van der Waals surface area contributed by atoms with E-state index >= 15 is 0 Å². The van der Waals surface area contributed by atoms with Crippen molar-refractivity contribution < 1.29 is 9.53 Å². The fourth-order valence-electron chi connectivity index (χ4n) is 1.71. The molecule has 6 nitrogen and oxygen atoms in total. The zero-order valence-corrected chi connectivity index (χ0v) is 14.6. The van der Waals surface area contributed by atoms with Gasteiger partial charge in [0.05, 0.1) is 5.75 Å². The number of aromatic amines is 1. The van der Waals surface area contributed by atoms with Gasteiger partial charge in [0.25, 0.3) is 0 Å². The minimum absolute atomic E-state index is 0.0175. The van der Waals surface area contributed by atoms with Crippen molar-refractivity contribution in [1.82, 2.24) is 20.5 Å². The number of carbonyl (C=O) groups excluding carboxylic acids is 1. The normalized spacial score (nSPS) is 10.6. The van der Waals surface area contributed by atoms with Crippen LogP contribution >= 0.6 is 23.4 Å². The molecule has 2 aromatic rings. The number of thioether (sulfide) groups is 1. The van der Waals surface area contributed by atoms with Gasteiger partial charge in [-0.3, -0.25) is 9.89 Å². The van der Waals surface area contributed by atoms with E-state index in [-0.39, 0.29) is 12.5 Å². The third-order valence-electron chi connectivity index (χ3n) is 2.92. The summed E-state index contributed by atoms with van der Waals surface area (Å²) in [5.74, 6) is 1.61. The van der Waals surface area contributed by atoms with Gasteiger partial charge in [-0.15, -0.1) is 5.10 Å². The monoisotopic (exact) mass is 354 g/mol. The number of H-pyrrole nitrogens is 1. The molecule has 0 atom stereocenters. The van der Waals surface area contributed by atoms with Crippen molar-refractivity contribution in [3.8, 4) is 5.75 Å². The summed E-state index contributed by atoms with van der Waals surface area (Å²) in [6.45, 7) is 4.89. The molecule has 8 heteroatoms. The summed E-state index contributed by atoms with van der Waals surface area (Å²) in [5.41, 5.74) is 0.955. The molecule has 0 saturated heterocycles. The van der Waals surface area contributed by atoms with E-state index in [2.05, 4.69) is 20.5 Å². The molecule has 1 heterocycles. The highest BCUT2D eigenvalue weighted by Crippen LogP contribution is 2.21. The highest BCUT2D eigenvalue weighted by Gasteiger charge is 2.08. The molecular weight excluding hydrogens is 336 g/mol. The molecule has 0 bridgehead atoms. The third kappa shape index (κ3) is 5.76. The first-order chi connectivity index (χ1) is 11.1. The number of nitrogens with zero attached hydrogens (tertiary/aromatic N) is 2. The Morgan fingerprint density at radius 3 is 3.04 bits per heavy atom. The van der Waals surface area contributed by atoms with E-state index < -0.39 is 0 Å². The van der Waals surface area contributed by atoms with Crippen LogP contribution in [0.4, 0.5) is 0 Å². The lowest BCUT2D eigenvalue weighted by Gasteiger charge is -2.05. The van der Waals surface area contributed by atoms with Crippen molar-refractivity contribution in [1.29, 1.82) is 0 Å². The van der Waals surface area contributed by atoms with Crippen LogP contribution in [0.5, 0.6) is 5.75 Å². The van der Waals surface area contributed by atoms with E-state index in [4.69, 9.17) is 16.3 Å². The largest absolute Gasteiger partial charge is 0.486 e. The zero-order valence-electron chi connectivity index (χ0n) is 13.1. The molecule has 0 aliphatic rings. The average molecular weight is 355 g/mol. The van der Waals surface area contributed by atoms with Gasteiger partial charge >= 0.3 is 0 Å². The molecule has 23 heavy (non-hydrogen) atoms. The minimum Gasteiger partial charge on any atom is -0.486 e. The van der Waals surface area contributed by atoms with Gasteiger partial charge in [0.1, 0.15) is 12.4 Å². The number of rotatable bonds is 8. The predicted molar refractivity (Wildman–Crippen MR) is 90.9 cm³/mol. The molecule has 124 valence electrons. The first-order valence-corrected chi connectivity index (χ1v) is 8.64. The number of amides is 1. The van der Waals surface area contributed by atoms with Crippen molar-refractivity contribution in [2.45, 2.75) is 32.0 Å². The number of benzene rings is 1. The Bertz CT molecular complexity index is 663. The van der Waals surface area contributed by atoms with Crippen LogP contribution in [0, 0.1) is 6.92 Å². The topological polar surface area (TPSA) is 79.9 Å². The van der Waals surface area contributed by atoms with Gasteiger partial charge in [0.2, 0.25) is 11.1 Å². The highest BCUT2D eigenvalue weighted by atomic mass is 35.5. The second-order valence-electron chi connectivity index (χ2n) is 4.90. The number of nitrogens with one attached hydrogen (secondary N) is 2. The first kappa shape index (κ1) is 17.6. The lowest BCUT2D eigenvalue weighted by molar-refractivity contribution is -0.118. The Kier molecular flexibility index (Phi) is 6.73. The number of halogens is 1. The minimum atomic E-state index is -0.0175. The number of carbonyl (C=O) groups is 1. The van der Waals surface area contributed by atoms with Gasteiger partial charge in [-0.2, -0.15) is 0 Å². The van der Waals surface area contributed by atoms with Crippen LogP contribution in [0.25, 0.3) is 0 Å². The summed E-state index contributed by atoms with van der Waals surface area (Å²) >= 11 is 7.26. The standard InChI is InChI=1S/C15H19ClN4O2S/c1-3-6-17-14(21)9-23-15-18-13(19-20-15)8-22-11-4-5-12(16)10(2)7-11/h4-5,7H,3,6,8-9H2,1-2H3,(H,17,21)(H,18,19,20). The van der Waals surface area contributed by atoms with Gasteiger partial charge < -0.3 is 10.1 Å². The van der Waals surface area contributed by atoms with Gasteiger partial charge in [-0.25, -0.2) is 4.98 Å². The molecule has 0 unspecified atom stereocenters. The molecule has 0 radical (unpaired) electrons. The van der Waals surface area contributed by atoms with Crippen LogP contribution in [-0.2, 0) is 11.4 Å². The Hall–Kier alpha value is -1.73. The average Bonchev–Trinajstić information content (AvgIpc) is 3.00. The van der Waals surface area contributed by atoms with E-state index in [1.807, 2.05) is 19.9 Å². The molecule has 2 rings (SSSR count). The van der Waals surface area contributed by atoms with Crippen LogP contribution in [0.1, 0.15) is 24.7 Å². The summed E-state index contributed by atoms with van der Waals surface area (Å²) in [7, 11) is 0. The molecule has 0 fully saturated rings. The Labute approximate surface area is 144 Å². The molecule has 0 saturated carbocycles. The predicted octanol–water partition coefficient (Wildman–Crippen LogP) is 2.96. The molecule has 0 aliphatic heterocycles. The number of ether oxygens (including phenoxy) is 1. The fraction of sp³-hybridized carbons (Fsp3) is 0.400. The zero-order chi connectivity index (χ0) is 16.7. The Morgan fingerprint density at radius 2 is 2.30 bits per heavy atom. The lowest BCUT2D eigenvalue weighted by Crippen LogP contribution is -2.25. The summed E-state index contributed by atoms with van der Waals surface area (Å²) in [6, 6.07) is 5.47. The molecule has 0 aliphatic carbocycles. The van der Waals surface area contributed by atoms with E-state index in [0.717, 1.165) is 17.7 Å². The Balaban J connectivity index is 1.80. The van der Waals surface area contributed by atoms with Gasteiger partial charge in [-0.05, 0) is 37.1 Å². The van der Waals surface area contributed by atoms with E-state index in [9.17, 15) is 4.79 Å². The number of hydrogen-bond donors (Lipinski definition) is 2. The van der Waals surface area contributed by atoms with Crippen LogP contribution in [-0.4, -0.2) is 33.4 Å². The molecule has 1 aromatic heterocycles. The van der Waals surface area contributed by atoms with Crippen molar-refractivity contribution in [3.63, 3.8) is 0 Å². The molecule has 2 N–H and O–H groups in total. The van der Waals surface area contributed by atoms with Gasteiger partial charge in [0, 0.05) is 11.6 Å². The second kappa shape index (κ2) is 8.79. The van der Waals surface area contributed by atoms with E-state index in [1.54, 1.807) is 12.1 Å². The highest BCUT2D eigenvalue weighted by molar-refractivity contribution is 7.99. The SMILES string of the molecule is CCCNC(=O)CSc1n[nH]c(COc2ccc(Cl)c(C)c2)n1. The second-order valence-corrected chi connectivity index (χ2v) is 6.25. The molecule has 1 amide bonds.